The highest BCUT2D eigenvalue weighted by Crippen LogP contribution is 2.12. The van der Waals surface area contributed by atoms with Gasteiger partial charge in [0.2, 0.25) is 11.8 Å². The van der Waals surface area contributed by atoms with Crippen molar-refractivity contribution in [2.45, 2.75) is 6.92 Å². The number of ketones is 1. The summed E-state index contributed by atoms with van der Waals surface area (Å²) in [5.74, 6) is -0.534. The fraction of sp³-hybridized carbons (Fsp3) is 0.0909. The van der Waals surface area contributed by atoms with Crippen LogP contribution in [-0.2, 0) is 0 Å². The third kappa shape index (κ3) is 2.51. The largest absolute Gasteiger partial charge is 0.366 e. The van der Waals surface area contributed by atoms with E-state index < -0.39 is 5.91 Å². The van der Waals surface area contributed by atoms with Gasteiger partial charge in [-0.05, 0) is 19.1 Å². The Morgan fingerprint density at radius 1 is 1.39 bits per heavy atom. The van der Waals surface area contributed by atoms with Crippen molar-refractivity contribution in [3.63, 3.8) is 0 Å². The number of aromatic nitrogens is 3. The Hall–Kier alpha value is -2.70. The van der Waals surface area contributed by atoms with Crippen LogP contribution in [0.3, 0.4) is 0 Å². The summed E-state index contributed by atoms with van der Waals surface area (Å²) in [4.78, 5) is 26.6. The maximum Gasteiger partial charge on any atom is 0.293 e. The number of anilines is 2. The molecule has 0 saturated heterocycles. The summed E-state index contributed by atoms with van der Waals surface area (Å²) in [7, 11) is 0. The molecule has 2 aromatic rings. The maximum atomic E-state index is 11.7. The van der Waals surface area contributed by atoms with Gasteiger partial charge >= 0.3 is 0 Å². The number of nitrogen functional groups attached to an aromatic ring is 1. The first-order chi connectivity index (χ1) is 8.56. The lowest BCUT2D eigenvalue weighted by Crippen LogP contribution is -2.14. The molecule has 1 amide bonds. The highest BCUT2D eigenvalue weighted by atomic mass is 16.2. The summed E-state index contributed by atoms with van der Waals surface area (Å²) in [5, 5.41) is 8.54. The van der Waals surface area contributed by atoms with E-state index in [1.165, 1.54) is 6.92 Å². The number of benzene rings is 1. The van der Waals surface area contributed by atoms with Crippen LogP contribution in [0.5, 0.6) is 0 Å². The van der Waals surface area contributed by atoms with E-state index in [9.17, 15) is 9.59 Å². The number of nitrogens with one attached hydrogen (secondary N) is 2. The van der Waals surface area contributed by atoms with Crippen molar-refractivity contribution in [1.82, 2.24) is 15.2 Å². The Balaban J connectivity index is 2.16. The first kappa shape index (κ1) is 11.8. The monoisotopic (exact) mass is 245 g/mol. The summed E-state index contributed by atoms with van der Waals surface area (Å²) in [6.45, 7) is 1.46. The predicted octanol–water partition coefficient (Wildman–Crippen LogP) is 0.842. The van der Waals surface area contributed by atoms with Gasteiger partial charge in [0, 0.05) is 11.3 Å². The van der Waals surface area contributed by atoms with Crippen molar-refractivity contribution in [1.29, 1.82) is 0 Å². The molecule has 0 aliphatic carbocycles. The average Bonchev–Trinajstić information content (AvgIpc) is 2.76. The number of hydrogen-bond acceptors (Lipinski definition) is 5. The SMILES string of the molecule is CC(=O)c1cccc(NC(=O)c2nc(N)n[nH]2)c1. The van der Waals surface area contributed by atoms with Crippen LogP contribution < -0.4 is 11.1 Å². The molecular formula is C11H11N5O2. The zero-order valence-electron chi connectivity index (χ0n) is 9.60. The number of nitrogens with two attached hydrogens (primary N) is 1. The number of carbonyl (C=O) groups excluding carboxylic acids is 2. The van der Waals surface area contributed by atoms with Gasteiger partial charge in [0.05, 0.1) is 0 Å². The molecular weight excluding hydrogens is 234 g/mol. The van der Waals surface area contributed by atoms with Gasteiger partial charge < -0.3 is 11.1 Å². The standard InChI is InChI=1S/C11H11N5O2/c1-6(17)7-3-2-4-8(5-7)13-10(18)9-14-11(12)16-15-9/h2-5H,1H3,(H,13,18)(H3,12,14,15,16). The minimum atomic E-state index is -0.472. The van der Waals surface area contributed by atoms with Crippen LogP contribution in [0, 0.1) is 0 Å². The van der Waals surface area contributed by atoms with E-state index in [0.717, 1.165) is 0 Å². The highest BCUT2D eigenvalue weighted by Gasteiger charge is 2.11. The van der Waals surface area contributed by atoms with Gasteiger partial charge in [0.1, 0.15) is 0 Å². The van der Waals surface area contributed by atoms with E-state index in [-0.39, 0.29) is 17.6 Å². The third-order valence-corrected chi connectivity index (χ3v) is 2.24. The van der Waals surface area contributed by atoms with Gasteiger partial charge in [-0.2, -0.15) is 4.98 Å². The van der Waals surface area contributed by atoms with Crippen molar-refractivity contribution in [3.8, 4) is 0 Å². The van der Waals surface area contributed by atoms with E-state index in [1.54, 1.807) is 24.3 Å². The molecule has 0 unspecified atom stereocenters. The Kier molecular flexibility index (Phi) is 3.05. The first-order valence-electron chi connectivity index (χ1n) is 5.16. The highest BCUT2D eigenvalue weighted by molar-refractivity contribution is 6.02. The molecule has 1 heterocycles. The smallest absolute Gasteiger partial charge is 0.293 e. The van der Waals surface area contributed by atoms with Crippen LogP contribution in [0.4, 0.5) is 11.6 Å². The van der Waals surface area contributed by atoms with E-state index in [1.807, 2.05) is 0 Å². The van der Waals surface area contributed by atoms with Gasteiger partial charge in [-0.1, -0.05) is 12.1 Å². The fourth-order valence-corrected chi connectivity index (χ4v) is 1.38. The third-order valence-electron chi connectivity index (χ3n) is 2.24. The van der Waals surface area contributed by atoms with E-state index in [0.29, 0.717) is 11.3 Å². The van der Waals surface area contributed by atoms with Gasteiger partial charge in [-0.15, -0.1) is 5.10 Å². The van der Waals surface area contributed by atoms with Gasteiger partial charge in [0.15, 0.2) is 5.78 Å². The zero-order valence-corrected chi connectivity index (χ0v) is 9.60. The van der Waals surface area contributed by atoms with Crippen LogP contribution in [0.25, 0.3) is 0 Å². The maximum absolute atomic E-state index is 11.7. The predicted molar refractivity (Wildman–Crippen MR) is 65.2 cm³/mol. The van der Waals surface area contributed by atoms with Crippen molar-refractivity contribution in [2.24, 2.45) is 0 Å². The lowest BCUT2D eigenvalue weighted by molar-refractivity contribution is 0.100. The van der Waals surface area contributed by atoms with Crippen molar-refractivity contribution in [3.05, 3.63) is 35.7 Å². The quantitative estimate of drug-likeness (QED) is 0.693. The van der Waals surface area contributed by atoms with Crippen LogP contribution in [0.1, 0.15) is 27.9 Å². The summed E-state index contributed by atoms with van der Waals surface area (Å²) in [5.41, 5.74) is 6.32. The fourth-order valence-electron chi connectivity index (χ4n) is 1.38. The Bertz CT molecular complexity index is 605. The second-order valence-electron chi connectivity index (χ2n) is 3.63. The van der Waals surface area contributed by atoms with Crippen molar-refractivity contribution < 1.29 is 9.59 Å². The number of nitrogens with zero attached hydrogens (tertiary/aromatic N) is 2. The average molecular weight is 245 g/mol. The molecule has 1 aromatic heterocycles. The number of aromatic amines is 1. The topological polar surface area (TPSA) is 114 Å². The number of Topliss-reactive ketones (excluding diaryl/α,β-unsaturated/α-hetero) is 1. The minimum Gasteiger partial charge on any atom is -0.366 e. The lowest BCUT2D eigenvalue weighted by atomic mass is 10.1. The molecule has 1 aromatic carbocycles. The molecule has 0 saturated carbocycles. The molecule has 0 aliphatic heterocycles. The number of amides is 1. The lowest BCUT2D eigenvalue weighted by Gasteiger charge is -2.04. The number of H-pyrrole nitrogens is 1. The molecule has 92 valence electrons. The number of carbonyl (C=O) groups is 2. The molecule has 7 nitrogen and oxygen atoms in total. The Labute approximate surface area is 102 Å². The minimum absolute atomic E-state index is 0.00219. The molecule has 0 spiro atoms. The van der Waals surface area contributed by atoms with Crippen LogP contribution >= 0.6 is 0 Å². The molecule has 0 fully saturated rings. The van der Waals surface area contributed by atoms with Crippen LogP contribution in [0.15, 0.2) is 24.3 Å². The van der Waals surface area contributed by atoms with Crippen LogP contribution in [0.2, 0.25) is 0 Å². The molecule has 0 atom stereocenters. The number of hydrogen-bond donors (Lipinski definition) is 3. The van der Waals surface area contributed by atoms with Crippen molar-refractivity contribution in [2.75, 3.05) is 11.1 Å². The molecule has 0 radical (unpaired) electrons. The summed E-state index contributed by atoms with van der Waals surface area (Å²) >= 11 is 0. The van der Waals surface area contributed by atoms with Gasteiger partial charge in [0.25, 0.3) is 5.91 Å². The second-order valence-corrected chi connectivity index (χ2v) is 3.63. The molecule has 18 heavy (non-hydrogen) atoms. The van der Waals surface area contributed by atoms with E-state index >= 15 is 0 Å². The normalized spacial score (nSPS) is 10.1. The van der Waals surface area contributed by atoms with Crippen LogP contribution in [-0.4, -0.2) is 26.9 Å². The second kappa shape index (κ2) is 4.66. The zero-order chi connectivity index (χ0) is 13.1. The Morgan fingerprint density at radius 2 is 2.17 bits per heavy atom. The van der Waals surface area contributed by atoms with E-state index in [4.69, 9.17) is 5.73 Å². The van der Waals surface area contributed by atoms with E-state index in [2.05, 4.69) is 20.5 Å². The summed E-state index contributed by atoms with van der Waals surface area (Å²) in [6.07, 6.45) is 0. The number of rotatable bonds is 3. The molecule has 7 heteroatoms. The van der Waals surface area contributed by atoms with Gasteiger partial charge in [-0.3, -0.25) is 14.7 Å². The molecule has 4 N–H and O–H groups in total. The Morgan fingerprint density at radius 3 is 2.78 bits per heavy atom. The van der Waals surface area contributed by atoms with Crippen molar-refractivity contribution >= 4 is 23.3 Å². The molecule has 2 rings (SSSR count). The summed E-state index contributed by atoms with van der Waals surface area (Å²) in [6, 6.07) is 6.61. The molecule has 0 bridgehead atoms. The first-order valence-corrected chi connectivity index (χ1v) is 5.16. The van der Waals surface area contributed by atoms with Gasteiger partial charge in [-0.25, -0.2) is 0 Å². The molecule has 0 aliphatic rings. The summed E-state index contributed by atoms with van der Waals surface area (Å²) < 4.78 is 0.